The fraction of sp³-hybridized carbons (Fsp3) is 0.435. The Balaban J connectivity index is 1.49. The first kappa shape index (κ1) is 23.2. The summed E-state index contributed by atoms with van der Waals surface area (Å²) in [5, 5.41) is 2.89. The second-order valence-electron chi connectivity index (χ2n) is 7.71. The molecule has 0 radical (unpaired) electrons. The summed E-state index contributed by atoms with van der Waals surface area (Å²) < 4.78 is 37.6. The molecule has 1 aliphatic rings. The quantitative estimate of drug-likeness (QED) is 0.599. The van der Waals surface area contributed by atoms with Crippen molar-refractivity contribution in [3.63, 3.8) is 0 Å². The summed E-state index contributed by atoms with van der Waals surface area (Å²) in [4.78, 5) is 12.6. The van der Waals surface area contributed by atoms with Gasteiger partial charge in [0.1, 0.15) is 5.75 Å². The standard InChI is InChI=1S/C23H30N2O5S/c1-18(2)30-21-7-3-5-19(17-21)6-4-12-24-23(26)20-8-10-22(11-9-20)31(27,28)25-13-15-29-16-14-25/h3,5,7-11,17-18H,4,6,12-16H2,1-2H3,(H,24,26). The third-order valence-electron chi connectivity index (χ3n) is 4.92. The number of benzene rings is 2. The van der Waals surface area contributed by atoms with E-state index in [0.29, 0.717) is 38.4 Å². The maximum Gasteiger partial charge on any atom is 0.251 e. The molecular formula is C23H30N2O5S. The molecule has 31 heavy (non-hydrogen) atoms. The zero-order valence-corrected chi connectivity index (χ0v) is 18.9. The van der Waals surface area contributed by atoms with Gasteiger partial charge in [-0.1, -0.05) is 12.1 Å². The van der Waals surface area contributed by atoms with Gasteiger partial charge in [-0.05, 0) is 68.7 Å². The van der Waals surface area contributed by atoms with E-state index in [0.717, 1.165) is 24.2 Å². The van der Waals surface area contributed by atoms with Gasteiger partial charge in [-0.2, -0.15) is 4.31 Å². The summed E-state index contributed by atoms with van der Waals surface area (Å²) in [7, 11) is -3.56. The van der Waals surface area contributed by atoms with Crippen molar-refractivity contribution < 1.29 is 22.7 Å². The number of morpholine rings is 1. The zero-order valence-electron chi connectivity index (χ0n) is 18.0. The minimum atomic E-state index is -3.56. The molecule has 0 spiro atoms. The second kappa shape index (κ2) is 10.7. The third-order valence-corrected chi connectivity index (χ3v) is 6.84. The summed E-state index contributed by atoms with van der Waals surface area (Å²) in [5.74, 6) is 0.635. The SMILES string of the molecule is CC(C)Oc1cccc(CCCNC(=O)c2ccc(S(=O)(=O)N3CCOCC3)cc2)c1. The van der Waals surface area contributed by atoms with Crippen LogP contribution in [0.1, 0.15) is 36.2 Å². The lowest BCUT2D eigenvalue weighted by atomic mass is 10.1. The lowest BCUT2D eigenvalue weighted by Gasteiger charge is -2.26. The molecule has 1 saturated heterocycles. The molecule has 1 heterocycles. The Hall–Kier alpha value is -2.42. The number of hydrogen-bond donors (Lipinski definition) is 1. The Morgan fingerprint density at radius 3 is 2.52 bits per heavy atom. The van der Waals surface area contributed by atoms with Crippen molar-refractivity contribution in [1.82, 2.24) is 9.62 Å². The predicted octanol–water partition coefficient (Wildman–Crippen LogP) is 2.86. The highest BCUT2D eigenvalue weighted by atomic mass is 32.2. The Morgan fingerprint density at radius 2 is 1.84 bits per heavy atom. The molecule has 8 heteroatoms. The van der Waals surface area contributed by atoms with E-state index < -0.39 is 10.0 Å². The van der Waals surface area contributed by atoms with Gasteiger partial charge in [0.2, 0.25) is 10.0 Å². The van der Waals surface area contributed by atoms with E-state index in [4.69, 9.17) is 9.47 Å². The number of sulfonamides is 1. The number of rotatable bonds is 9. The van der Waals surface area contributed by atoms with Crippen molar-refractivity contribution in [2.75, 3.05) is 32.8 Å². The lowest BCUT2D eigenvalue weighted by molar-refractivity contribution is 0.0730. The first-order chi connectivity index (χ1) is 14.9. The molecule has 1 aliphatic heterocycles. The van der Waals surface area contributed by atoms with Crippen LogP contribution in [-0.2, 0) is 21.2 Å². The monoisotopic (exact) mass is 446 g/mol. The number of nitrogens with one attached hydrogen (secondary N) is 1. The van der Waals surface area contributed by atoms with Crippen LogP contribution in [0.25, 0.3) is 0 Å². The van der Waals surface area contributed by atoms with Crippen molar-refractivity contribution in [2.45, 2.75) is 37.7 Å². The molecular weight excluding hydrogens is 416 g/mol. The van der Waals surface area contributed by atoms with E-state index >= 15 is 0 Å². The summed E-state index contributed by atoms with van der Waals surface area (Å²) in [5.41, 5.74) is 1.60. The van der Waals surface area contributed by atoms with Crippen LogP contribution in [0.2, 0.25) is 0 Å². The fourth-order valence-electron chi connectivity index (χ4n) is 3.36. The van der Waals surface area contributed by atoms with Crippen LogP contribution in [0.5, 0.6) is 5.75 Å². The molecule has 2 aromatic carbocycles. The fourth-order valence-corrected chi connectivity index (χ4v) is 4.77. The Morgan fingerprint density at radius 1 is 1.13 bits per heavy atom. The van der Waals surface area contributed by atoms with E-state index in [1.165, 1.54) is 16.4 Å². The van der Waals surface area contributed by atoms with Crippen LogP contribution in [-0.4, -0.2) is 57.6 Å². The molecule has 1 amide bonds. The van der Waals surface area contributed by atoms with E-state index in [2.05, 4.69) is 5.32 Å². The van der Waals surface area contributed by atoms with E-state index in [1.54, 1.807) is 12.1 Å². The molecule has 0 unspecified atom stereocenters. The molecule has 3 rings (SSSR count). The smallest absolute Gasteiger partial charge is 0.251 e. The Labute approximate surface area is 184 Å². The van der Waals surface area contributed by atoms with Crippen LogP contribution in [0.3, 0.4) is 0 Å². The van der Waals surface area contributed by atoms with E-state index in [9.17, 15) is 13.2 Å². The number of carbonyl (C=O) groups excluding carboxylic acids is 1. The normalized spacial score (nSPS) is 15.1. The first-order valence-electron chi connectivity index (χ1n) is 10.6. The average molecular weight is 447 g/mol. The van der Waals surface area contributed by atoms with Gasteiger partial charge in [0.15, 0.2) is 0 Å². The van der Waals surface area contributed by atoms with Gasteiger partial charge < -0.3 is 14.8 Å². The van der Waals surface area contributed by atoms with Crippen molar-refractivity contribution >= 4 is 15.9 Å². The Kier molecular flexibility index (Phi) is 8.06. The topological polar surface area (TPSA) is 84.9 Å². The summed E-state index contributed by atoms with van der Waals surface area (Å²) in [6, 6.07) is 14.1. The minimum Gasteiger partial charge on any atom is -0.491 e. The van der Waals surface area contributed by atoms with Crippen molar-refractivity contribution in [2.24, 2.45) is 0 Å². The molecule has 1 N–H and O–H groups in total. The zero-order chi connectivity index (χ0) is 22.3. The average Bonchev–Trinajstić information content (AvgIpc) is 2.77. The molecule has 1 fully saturated rings. The third kappa shape index (κ3) is 6.53. The van der Waals surface area contributed by atoms with Crippen molar-refractivity contribution in [1.29, 1.82) is 0 Å². The van der Waals surface area contributed by atoms with Gasteiger partial charge in [0, 0.05) is 25.2 Å². The number of hydrogen-bond acceptors (Lipinski definition) is 5. The molecule has 0 aromatic heterocycles. The van der Waals surface area contributed by atoms with Crippen LogP contribution in [0.4, 0.5) is 0 Å². The lowest BCUT2D eigenvalue weighted by Crippen LogP contribution is -2.40. The predicted molar refractivity (Wildman–Crippen MR) is 119 cm³/mol. The molecule has 7 nitrogen and oxygen atoms in total. The highest BCUT2D eigenvalue weighted by Crippen LogP contribution is 2.18. The van der Waals surface area contributed by atoms with Gasteiger partial charge in [-0.25, -0.2) is 8.42 Å². The van der Waals surface area contributed by atoms with E-state index in [1.807, 2.05) is 38.1 Å². The highest BCUT2D eigenvalue weighted by molar-refractivity contribution is 7.89. The number of amides is 1. The van der Waals surface area contributed by atoms with Crippen molar-refractivity contribution in [3.05, 3.63) is 59.7 Å². The second-order valence-corrected chi connectivity index (χ2v) is 9.65. The Bertz CT molecular complexity index is 968. The van der Waals surface area contributed by atoms with Crippen molar-refractivity contribution in [3.8, 4) is 5.75 Å². The summed E-state index contributed by atoms with van der Waals surface area (Å²) >= 11 is 0. The van der Waals surface area contributed by atoms with Crippen LogP contribution in [0, 0.1) is 0 Å². The molecule has 0 atom stereocenters. The highest BCUT2D eigenvalue weighted by Gasteiger charge is 2.26. The maximum absolute atomic E-state index is 12.7. The van der Waals surface area contributed by atoms with Gasteiger partial charge in [0.05, 0.1) is 24.2 Å². The number of nitrogens with zero attached hydrogens (tertiary/aromatic N) is 1. The minimum absolute atomic E-state index is 0.129. The van der Waals surface area contributed by atoms with E-state index in [-0.39, 0.29) is 16.9 Å². The molecule has 0 bridgehead atoms. The van der Waals surface area contributed by atoms with Gasteiger partial charge in [-0.15, -0.1) is 0 Å². The summed E-state index contributed by atoms with van der Waals surface area (Å²) in [6.45, 7) is 6.00. The van der Waals surface area contributed by atoms with Crippen LogP contribution >= 0.6 is 0 Å². The number of aryl methyl sites for hydroxylation is 1. The van der Waals surface area contributed by atoms with Crippen LogP contribution < -0.4 is 10.1 Å². The molecule has 168 valence electrons. The maximum atomic E-state index is 12.7. The van der Waals surface area contributed by atoms with Gasteiger partial charge in [-0.3, -0.25) is 4.79 Å². The number of ether oxygens (including phenoxy) is 2. The first-order valence-corrected chi connectivity index (χ1v) is 12.0. The van der Waals surface area contributed by atoms with Gasteiger partial charge >= 0.3 is 0 Å². The van der Waals surface area contributed by atoms with Gasteiger partial charge in [0.25, 0.3) is 5.91 Å². The summed E-state index contributed by atoms with van der Waals surface area (Å²) in [6.07, 6.45) is 1.75. The number of carbonyl (C=O) groups is 1. The largest absolute Gasteiger partial charge is 0.491 e. The molecule has 2 aromatic rings. The molecule has 0 saturated carbocycles. The van der Waals surface area contributed by atoms with Crippen LogP contribution in [0.15, 0.2) is 53.4 Å². The molecule has 0 aliphatic carbocycles.